The molecular formula is C16H23FN2O2. The second-order valence-corrected chi connectivity index (χ2v) is 5.81. The number of aliphatic hydroxyl groups excluding tert-OH is 1. The molecule has 1 fully saturated rings. The minimum absolute atomic E-state index is 0.151. The Labute approximate surface area is 125 Å². The molecule has 0 spiro atoms. The SMILES string of the molecule is CC(O)CN1CCC(CNC(=O)c2ccc(F)cc2)CC1. The summed E-state index contributed by atoms with van der Waals surface area (Å²) < 4.78 is 12.8. The normalized spacial score (nSPS) is 18.4. The molecule has 1 aromatic carbocycles. The zero-order valence-electron chi connectivity index (χ0n) is 12.4. The molecule has 4 nitrogen and oxygen atoms in total. The van der Waals surface area contributed by atoms with Gasteiger partial charge in [0.15, 0.2) is 0 Å². The Morgan fingerprint density at radius 3 is 2.57 bits per heavy atom. The van der Waals surface area contributed by atoms with E-state index in [1.807, 2.05) is 0 Å². The molecule has 1 aromatic rings. The molecule has 1 saturated heterocycles. The Hall–Kier alpha value is -1.46. The van der Waals surface area contributed by atoms with Gasteiger partial charge in [-0.25, -0.2) is 4.39 Å². The molecule has 1 amide bonds. The van der Waals surface area contributed by atoms with Crippen LogP contribution in [0.15, 0.2) is 24.3 Å². The highest BCUT2D eigenvalue weighted by Crippen LogP contribution is 2.16. The first-order chi connectivity index (χ1) is 10.0. The predicted octanol–water partition coefficient (Wildman–Crippen LogP) is 1.65. The molecule has 21 heavy (non-hydrogen) atoms. The molecule has 1 aliphatic heterocycles. The van der Waals surface area contributed by atoms with Crippen LogP contribution in [0.25, 0.3) is 0 Å². The van der Waals surface area contributed by atoms with E-state index >= 15 is 0 Å². The number of hydrogen-bond donors (Lipinski definition) is 2. The number of halogens is 1. The van der Waals surface area contributed by atoms with Gasteiger partial charge in [-0.15, -0.1) is 0 Å². The van der Waals surface area contributed by atoms with Crippen molar-refractivity contribution in [3.05, 3.63) is 35.6 Å². The Morgan fingerprint density at radius 1 is 1.38 bits per heavy atom. The van der Waals surface area contributed by atoms with E-state index in [-0.39, 0.29) is 17.8 Å². The molecule has 1 heterocycles. The first-order valence-corrected chi connectivity index (χ1v) is 7.49. The van der Waals surface area contributed by atoms with Crippen molar-refractivity contribution in [1.29, 1.82) is 0 Å². The molecule has 0 bridgehead atoms. The van der Waals surface area contributed by atoms with E-state index in [1.165, 1.54) is 24.3 Å². The van der Waals surface area contributed by atoms with Gasteiger partial charge in [0.25, 0.3) is 5.91 Å². The maximum Gasteiger partial charge on any atom is 0.251 e. The van der Waals surface area contributed by atoms with E-state index in [4.69, 9.17) is 0 Å². The molecular weight excluding hydrogens is 271 g/mol. The highest BCUT2D eigenvalue weighted by Gasteiger charge is 2.20. The van der Waals surface area contributed by atoms with Crippen molar-refractivity contribution in [2.75, 3.05) is 26.2 Å². The molecule has 0 aliphatic carbocycles. The monoisotopic (exact) mass is 294 g/mol. The van der Waals surface area contributed by atoms with Crippen LogP contribution in [-0.4, -0.2) is 48.2 Å². The maximum absolute atomic E-state index is 12.8. The molecule has 116 valence electrons. The number of hydrogen-bond acceptors (Lipinski definition) is 3. The smallest absolute Gasteiger partial charge is 0.251 e. The van der Waals surface area contributed by atoms with Gasteiger partial charge >= 0.3 is 0 Å². The molecule has 0 aromatic heterocycles. The van der Waals surface area contributed by atoms with Gasteiger partial charge in [-0.1, -0.05) is 0 Å². The van der Waals surface area contributed by atoms with Crippen LogP contribution in [0.2, 0.25) is 0 Å². The average molecular weight is 294 g/mol. The molecule has 2 N–H and O–H groups in total. The minimum Gasteiger partial charge on any atom is -0.392 e. The van der Waals surface area contributed by atoms with Gasteiger partial charge in [0.1, 0.15) is 5.82 Å². The van der Waals surface area contributed by atoms with Crippen molar-refractivity contribution in [2.45, 2.75) is 25.9 Å². The molecule has 1 aliphatic rings. The Morgan fingerprint density at radius 2 is 2.00 bits per heavy atom. The van der Waals surface area contributed by atoms with Gasteiger partial charge in [-0.2, -0.15) is 0 Å². The van der Waals surface area contributed by atoms with Gasteiger partial charge in [-0.3, -0.25) is 4.79 Å². The van der Waals surface area contributed by atoms with E-state index in [2.05, 4.69) is 10.2 Å². The van der Waals surface area contributed by atoms with Crippen LogP contribution >= 0.6 is 0 Å². The number of aliphatic hydroxyl groups is 1. The lowest BCUT2D eigenvalue weighted by Crippen LogP contribution is -2.41. The number of β-amino-alcohol motifs (C(OH)–C–C–N with tert-alkyl or cyclic N) is 1. The summed E-state index contributed by atoms with van der Waals surface area (Å²) in [5.41, 5.74) is 0.489. The number of benzene rings is 1. The van der Waals surface area contributed by atoms with Crippen molar-refractivity contribution in [1.82, 2.24) is 10.2 Å². The fourth-order valence-corrected chi connectivity index (χ4v) is 2.69. The van der Waals surface area contributed by atoms with Crippen molar-refractivity contribution in [2.24, 2.45) is 5.92 Å². The average Bonchev–Trinajstić information content (AvgIpc) is 2.46. The standard InChI is InChI=1S/C16H23FN2O2/c1-12(20)11-19-8-6-13(7-9-19)10-18-16(21)14-2-4-15(17)5-3-14/h2-5,12-13,20H,6-11H2,1H3,(H,18,21). The van der Waals surface area contributed by atoms with Crippen LogP contribution in [0.5, 0.6) is 0 Å². The first-order valence-electron chi connectivity index (χ1n) is 7.49. The van der Waals surface area contributed by atoms with Crippen molar-refractivity contribution < 1.29 is 14.3 Å². The van der Waals surface area contributed by atoms with Crippen molar-refractivity contribution >= 4 is 5.91 Å². The summed E-state index contributed by atoms with van der Waals surface area (Å²) in [5, 5.41) is 12.3. The van der Waals surface area contributed by atoms with E-state index < -0.39 is 0 Å². The Bertz CT molecular complexity index is 454. The van der Waals surface area contributed by atoms with Crippen molar-refractivity contribution in [3.8, 4) is 0 Å². The predicted molar refractivity (Wildman–Crippen MR) is 79.6 cm³/mol. The highest BCUT2D eigenvalue weighted by atomic mass is 19.1. The number of carbonyl (C=O) groups excluding carboxylic acids is 1. The summed E-state index contributed by atoms with van der Waals surface area (Å²) in [6, 6.07) is 5.58. The van der Waals surface area contributed by atoms with Crippen LogP contribution in [0.4, 0.5) is 4.39 Å². The molecule has 1 atom stereocenters. The second-order valence-electron chi connectivity index (χ2n) is 5.81. The van der Waals surface area contributed by atoms with Gasteiger partial charge in [0, 0.05) is 18.7 Å². The van der Waals surface area contributed by atoms with Crippen LogP contribution < -0.4 is 5.32 Å². The van der Waals surface area contributed by atoms with Crippen LogP contribution in [0.3, 0.4) is 0 Å². The van der Waals surface area contributed by atoms with Crippen LogP contribution in [0, 0.1) is 11.7 Å². The largest absolute Gasteiger partial charge is 0.392 e. The number of amides is 1. The minimum atomic E-state index is -0.336. The van der Waals surface area contributed by atoms with Crippen molar-refractivity contribution in [3.63, 3.8) is 0 Å². The lowest BCUT2D eigenvalue weighted by Gasteiger charge is -2.32. The third-order valence-corrected chi connectivity index (χ3v) is 3.89. The summed E-state index contributed by atoms with van der Waals surface area (Å²) in [4.78, 5) is 14.2. The third-order valence-electron chi connectivity index (χ3n) is 3.89. The summed E-state index contributed by atoms with van der Waals surface area (Å²) in [6.07, 6.45) is 1.76. The zero-order valence-corrected chi connectivity index (χ0v) is 12.4. The molecule has 5 heteroatoms. The number of carbonyl (C=O) groups is 1. The number of nitrogens with zero attached hydrogens (tertiary/aromatic N) is 1. The summed E-state index contributed by atoms with van der Waals surface area (Å²) in [7, 11) is 0. The van der Waals surface area contributed by atoms with E-state index in [1.54, 1.807) is 6.92 Å². The van der Waals surface area contributed by atoms with E-state index in [9.17, 15) is 14.3 Å². The number of piperidine rings is 1. The lowest BCUT2D eigenvalue weighted by atomic mass is 9.96. The molecule has 0 radical (unpaired) electrons. The number of likely N-dealkylation sites (tertiary alicyclic amines) is 1. The maximum atomic E-state index is 12.8. The van der Waals surface area contributed by atoms with Gasteiger partial charge < -0.3 is 15.3 Å². The molecule has 1 unspecified atom stereocenters. The summed E-state index contributed by atoms with van der Waals surface area (Å²) in [5.74, 6) is -0.0157. The topological polar surface area (TPSA) is 52.6 Å². The number of rotatable bonds is 5. The summed E-state index contributed by atoms with van der Waals surface area (Å²) in [6.45, 7) is 5.09. The Kier molecular flexibility index (Phi) is 5.70. The van der Waals surface area contributed by atoms with Gasteiger partial charge in [0.2, 0.25) is 0 Å². The van der Waals surface area contributed by atoms with E-state index in [0.717, 1.165) is 25.9 Å². The lowest BCUT2D eigenvalue weighted by molar-refractivity contribution is 0.0900. The zero-order chi connectivity index (χ0) is 15.2. The number of nitrogens with one attached hydrogen (secondary N) is 1. The fraction of sp³-hybridized carbons (Fsp3) is 0.562. The quantitative estimate of drug-likeness (QED) is 0.868. The Balaban J connectivity index is 1.72. The molecule has 0 saturated carbocycles. The van der Waals surface area contributed by atoms with Gasteiger partial charge in [0.05, 0.1) is 6.10 Å². The van der Waals surface area contributed by atoms with Crippen LogP contribution in [-0.2, 0) is 0 Å². The molecule has 2 rings (SSSR count). The summed E-state index contributed by atoms with van der Waals surface area (Å²) >= 11 is 0. The second kappa shape index (κ2) is 7.52. The van der Waals surface area contributed by atoms with Gasteiger partial charge in [-0.05, 0) is 63.0 Å². The highest BCUT2D eigenvalue weighted by molar-refractivity contribution is 5.94. The third kappa shape index (κ3) is 5.10. The fourth-order valence-electron chi connectivity index (χ4n) is 2.69. The first kappa shape index (κ1) is 15.9. The van der Waals surface area contributed by atoms with E-state index in [0.29, 0.717) is 24.6 Å². The van der Waals surface area contributed by atoms with Crippen LogP contribution in [0.1, 0.15) is 30.1 Å².